The second kappa shape index (κ2) is 6.02. The number of nitriles is 1. The third-order valence-electron chi connectivity index (χ3n) is 2.15. The summed E-state index contributed by atoms with van der Waals surface area (Å²) < 4.78 is 23.8. The molecule has 3 nitrogen and oxygen atoms in total. The number of nitrogens with zero attached hydrogens (tertiary/aromatic N) is 1. The van der Waals surface area contributed by atoms with E-state index < -0.39 is 9.84 Å². The van der Waals surface area contributed by atoms with Gasteiger partial charge in [-0.25, -0.2) is 8.42 Å². The van der Waals surface area contributed by atoms with E-state index in [4.69, 9.17) is 5.26 Å². The highest BCUT2D eigenvalue weighted by molar-refractivity contribution is 7.91. The first kappa shape index (κ1) is 13.2. The molecule has 4 heteroatoms. The fourth-order valence-electron chi connectivity index (χ4n) is 1.20. The van der Waals surface area contributed by atoms with Gasteiger partial charge in [0.1, 0.15) is 0 Å². The van der Waals surface area contributed by atoms with E-state index in [0.29, 0.717) is 4.90 Å². The predicted octanol–water partition coefficient (Wildman–Crippen LogP) is 2.49. The summed E-state index contributed by atoms with van der Waals surface area (Å²) in [6, 6.07) is 10.2. The second-order valence-corrected chi connectivity index (χ2v) is 5.54. The van der Waals surface area contributed by atoms with Gasteiger partial charge >= 0.3 is 0 Å². The highest BCUT2D eigenvalue weighted by Gasteiger charge is 2.11. The van der Waals surface area contributed by atoms with Gasteiger partial charge in [0, 0.05) is 6.08 Å². The van der Waals surface area contributed by atoms with Crippen molar-refractivity contribution in [2.75, 3.05) is 5.75 Å². The first-order chi connectivity index (χ1) is 8.06. The van der Waals surface area contributed by atoms with Gasteiger partial charge in [0.15, 0.2) is 9.84 Å². The van der Waals surface area contributed by atoms with E-state index in [9.17, 15) is 8.42 Å². The van der Waals surface area contributed by atoms with E-state index in [0.717, 1.165) is 5.57 Å². The lowest BCUT2D eigenvalue weighted by atomic mass is 10.3. The molecule has 0 spiro atoms. The fourth-order valence-corrected chi connectivity index (χ4v) is 2.45. The summed E-state index contributed by atoms with van der Waals surface area (Å²) in [4.78, 5) is 0.313. The van der Waals surface area contributed by atoms with Crippen LogP contribution in [0.5, 0.6) is 0 Å². The van der Waals surface area contributed by atoms with E-state index >= 15 is 0 Å². The monoisotopic (exact) mass is 247 g/mol. The van der Waals surface area contributed by atoms with Crippen molar-refractivity contribution in [3.8, 4) is 6.07 Å². The maximum absolute atomic E-state index is 11.9. The molecule has 0 aromatic heterocycles. The van der Waals surface area contributed by atoms with Crippen molar-refractivity contribution in [1.82, 2.24) is 0 Å². The van der Waals surface area contributed by atoms with E-state index in [-0.39, 0.29) is 5.75 Å². The minimum absolute atomic E-state index is 0.0569. The molecule has 0 saturated heterocycles. The SMILES string of the molecule is CC(/C=C\C#N)=C\CS(=O)(=O)c1ccccc1. The lowest BCUT2D eigenvalue weighted by molar-refractivity contribution is 0.599. The van der Waals surface area contributed by atoms with Gasteiger partial charge in [0.05, 0.1) is 16.7 Å². The lowest BCUT2D eigenvalue weighted by Gasteiger charge is -2.00. The van der Waals surface area contributed by atoms with Gasteiger partial charge in [0.25, 0.3) is 0 Å². The van der Waals surface area contributed by atoms with E-state index in [2.05, 4.69) is 0 Å². The molecule has 0 atom stereocenters. The zero-order valence-corrected chi connectivity index (χ0v) is 10.3. The second-order valence-electron chi connectivity index (χ2n) is 3.51. The van der Waals surface area contributed by atoms with Crippen molar-refractivity contribution in [3.63, 3.8) is 0 Å². The molecule has 1 aromatic carbocycles. The van der Waals surface area contributed by atoms with E-state index in [1.807, 2.05) is 6.07 Å². The molecule has 0 N–H and O–H groups in total. The number of allylic oxidation sites excluding steroid dienone is 3. The molecule has 0 saturated carbocycles. The number of hydrogen-bond donors (Lipinski definition) is 0. The summed E-state index contributed by atoms with van der Waals surface area (Å²) >= 11 is 0. The number of hydrogen-bond acceptors (Lipinski definition) is 3. The van der Waals surface area contributed by atoms with Crippen LogP contribution >= 0.6 is 0 Å². The maximum Gasteiger partial charge on any atom is 0.181 e. The number of benzene rings is 1. The number of sulfone groups is 1. The Balaban J connectivity index is 2.83. The van der Waals surface area contributed by atoms with Gasteiger partial charge in [-0.05, 0) is 25.1 Å². The highest BCUT2D eigenvalue weighted by Crippen LogP contribution is 2.11. The van der Waals surface area contributed by atoms with Gasteiger partial charge < -0.3 is 0 Å². The quantitative estimate of drug-likeness (QED) is 0.606. The Morgan fingerprint density at radius 3 is 2.59 bits per heavy atom. The molecule has 0 aliphatic rings. The third-order valence-corrected chi connectivity index (χ3v) is 3.74. The summed E-state index contributed by atoms with van der Waals surface area (Å²) in [6.45, 7) is 1.76. The maximum atomic E-state index is 11.9. The van der Waals surface area contributed by atoms with Crippen LogP contribution in [0.1, 0.15) is 6.92 Å². The Bertz CT molecular complexity index is 563. The molecule has 17 heavy (non-hydrogen) atoms. The predicted molar refractivity (Wildman–Crippen MR) is 67.0 cm³/mol. The Morgan fingerprint density at radius 2 is 2.00 bits per heavy atom. The largest absolute Gasteiger partial charge is 0.223 e. The van der Waals surface area contributed by atoms with Gasteiger partial charge in [0.2, 0.25) is 0 Å². The van der Waals surface area contributed by atoms with Crippen LogP contribution in [-0.4, -0.2) is 14.2 Å². The normalized spacial score (nSPS) is 12.6. The van der Waals surface area contributed by atoms with E-state index in [1.54, 1.807) is 49.4 Å². The first-order valence-electron chi connectivity index (χ1n) is 5.07. The summed E-state index contributed by atoms with van der Waals surface area (Å²) in [7, 11) is -3.27. The third kappa shape index (κ3) is 4.25. The standard InChI is InChI=1S/C13H13NO2S/c1-12(6-5-10-14)9-11-17(15,16)13-7-3-2-4-8-13/h2-9H,11H2,1H3/b6-5-,12-9+. The fraction of sp³-hybridized carbons (Fsp3) is 0.154. The Morgan fingerprint density at radius 1 is 1.35 bits per heavy atom. The van der Waals surface area contributed by atoms with Gasteiger partial charge in [-0.15, -0.1) is 0 Å². The molecule has 0 unspecified atom stereocenters. The Labute approximate surface area is 102 Å². The van der Waals surface area contributed by atoms with E-state index in [1.165, 1.54) is 6.08 Å². The molecule has 0 amide bonds. The molecular formula is C13H13NO2S. The van der Waals surface area contributed by atoms with Gasteiger partial charge in [-0.2, -0.15) is 5.26 Å². The smallest absolute Gasteiger partial charge is 0.181 e. The molecule has 88 valence electrons. The van der Waals surface area contributed by atoms with Crippen molar-refractivity contribution in [1.29, 1.82) is 5.26 Å². The van der Waals surface area contributed by atoms with Crippen LogP contribution in [0, 0.1) is 11.3 Å². The van der Waals surface area contributed by atoms with Crippen molar-refractivity contribution >= 4 is 9.84 Å². The van der Waals surface area contributed by atoms with Crippen molar-refractivity contribution in [3.05, 3.63) is 54.1 Å². The topological polar surface area (TPSA) is 57.9 Å². The first-order valence-corrected chi connectivity index (χ1v) is 6.72. The summed E-state index contributed by atoms with van der Waals surface area (Å²) in [5.74, 6) is -0.0569. The molecule has 1 rings (SSSR count). The summed E-state index contributed by atoms with van der Waals surface area (Å²) in [6.07, 6.45) is 4.50. The average molecular weight is 247 g/mol. The lowest BCUT2D eigenvalue weighted by Crippen LogP contribution is -2.04. The number of rotatable bonds is 4. The molecule has 1 aromatic rings. The van der Waals surface area contributed by atoms with Crippen LogP contribution in [0.4, 0.5) is 0 Å². The van der Waals surface area contributed by atoms with Crippen LogP contribution in [0.15, 0.2) is 59.0 Å². The minimum Gasteiger partial charge on any atom is -0.223 e. The molecule has 0 aliphatic heterocycles. The summed E-state index contributed by atoms with van der Waals surface area (Å²) in [5.41, 5.74) is 0.756. The molecule has 0 heterocycles. The van der Waals surface area contributed by atoms with Crippen LogP contribution < -0.4 is 0 Å². The molecule has 0 aliphatic carbocycles. The van der Waals surface area contributed by atoms with Crippen molar-refractivity contribution in [2.24, 2.45) is 0 Å². The summed E-state index contributed by atoms with van der Waals surface area (Å²) in [5, 5.41) is 8.34. The van der Waals surface area contributed by atoms with Crippen LogP contribution in [0.3, 0.4) is 0 Å². The van der Waals surface area contributed by atoms with Crippen LogP contribution in [-0.2, 0) is 9.84 Å². The Kier molecular flexibility index (Phi) is 4.68. The minimum atomic E-state index is -3.27. The zero-order chi connectivity index (χ0) is 12.7. The van der Waals surface area contributed by atoms with Crippen LogP contribution in [0.25, 0.3) is 0 Å². The molecule has 0 radical (unpaired) electrons. The Hall–Kier alpha value is -1.86. The molecule has 0 fully saturated rings. The van der Waals surface area contributed by atoms with Crippen molar-refractivity contribution in [2.45, 2.75) is 11.8 Å². The van der Waals surface area contributed by atoms with Crippen molar-refractivity contribution < 1.29 is 8.42 Å². The van der Waals surface area contributed by atoms with Gasteiger partial charge in [-0.1, -0.05) is 29.8 Å². The van der Waals surface area contributed by atoms with Gasteiger partial charge in [-0.3, -0.25) is 0 Å². The average Bonchev–Trinajstić information content (AvgIpc) is 2.35. The van der Waals surface area contributed by atoms with Crippen LogP contribution in [0.2, 0.25) is 0 Å². The zero-order valence-electron chi connectivity index (χ0n) is 9.50. The highest BCUT2D eigenvalue weighted by atomic mass is 32.2. The molecule has 0 bridgehead atoms. The molecular weight excluding hydrogens is 234 g/mol.